The Morgan fingerprint density at radius 3 is 2.48 bits per heavy atom. The van der Waals surface area contributed by atoms with E-state index in [-0.39, 0.29) is 6.54 Å². The molecule has 0 bridgehead atoms. The summed E-state index contributed by atoms with van der Waals surface area (Å²) in [5, 5.41) is 8.90. The summed E-state index contributed by atoms with van der Waals surface area (Å²) in [5.74, 6) is 1.89. The van der Waals surface area contributed by atoms with Crippen LogP contribution < -0.4 is 4.90 Å². The highest BCUT2D eigenvalue weighted by atomic mass is 32.2. The van der Waals surface area contributed by atoms with Gasteiger partial charge in [0.05, 0.1) is 6.54 Å². The number of carbonyl (C=O) groups is 2. The second kappa shape index (κ2) is 5.97. The average Bonchev–Trinajstić information content (AvgIpc) is 2.91. The van der Waals surface area contributed by atoms with Crippen molar-refractivity contribution >= 4 is 29.5 Å². The standard InChI is InChI=1S/C15H17NO4S/c17-14(18)13-9-16(15(19)20-13)12-3-1-10(2-4-12)11-5-7-21-8-6-11/h1-4,11,13H,5-9H2,(H,17,18)/t13-/m1/s1. The van der Waals surface area contributed by atoms with Crippen LogP contribution in [-0.2, 0) is 9.53 Å². The highest BCUT2D eigenvalue weighted by Gasteiger charge is 2.36. The molecule has 0 saturated carbocycles. The van der Waals surface area contributed by atoms with Gasteiger partial charge in [-0.1, -0.05) is 12.1 Å². The van der Waals surface area contributed by atoms with Gasteiger partial charge in [0.1, 0.15) is 0 Å². The molecule has 3 rings (SSSR count). The molecule has 1 amide bonds. The summed E-state index contributed by atoms with van der Waals surface area (Å²) in [6.45, 7) is 0.0631. The second-order valence-electron chi connectivity index (χ2n) is 5.30. The number of amides is 1. The summed E-state index contributed by atoms with van der Waals surface area (Å²) in [6.07, 6.45) is 0.713. The maximum atomic E-state index is 11.7. The molecular formula is C15H17NO4S. The Hall–Kier alpha value is -1.69. The first-order valence-corrected chi connectivity index (χ1v) is 8.19. The monoisotopic (exact) mass is 307 g/mol. The van der Waals surface area contributed by atoms with Crippen LogP contribution in [0.1, 0.15) is 24.3 Å². The second-order valence-corrected chi connectivity index (χ2v) is 6.52. The van der Waals surface area contributed by atoms with Crippen molar-refractivity contribution in [1.29, 1.82) is 0 Å². The summed E-state index contributed by atoms with van der Waals surface area (Å²) in [7, 11) is 0. The van der Waals surface area contributed by atoms with Crippen molar-refractivity contribution in [3.8, 4) is 0 Å². The molecule has 0 unspecified atom stereocenters. The molecule has 2 aliphatic rings. The molecule has 2 heterocycles. The van der Waals surface area contributed by atoms with Crippen molar-refractivity contribution in [3.05, 3.63) is 29.8 Å². The lowest BCUT2D eigenvalue weighted by Crippen LogP contribution is -2.27. The lowest BCUT2D eigenvalue weighted by atomic mass is 9.93. The van der Waals surface area contributed by atoms with E-state index in [9.17, 15) is 9.59 Å². The molecule has 6 heteroatoms. The fourth-order valence-electron chi connectivity index (χ4n) is 2.76. The van der Waals surface area contributed by atoms with Gasteiger partial charge in [0, 0.05) is 5.69 Å². The lowest BCUT2D eigenvalue weighted by molar-refractivity contribution is -0.144. The number of carbonyl (C=O) groups excluding carboxylic acids is 1. The molecule has 1 aromatic rings. The third-order valence-corrected chi connectivity index (χ3v) is 5.03. The van der Waals surface area contributed by atoms with Gasteiger partial charge < -0.3 is 9.84 Å². The predicted molar refractivity (Wildman–Crippen MR) is 81.0 cm³/mol. The van der Waals surface area contributed by atoms with Gasteiger partial charge in [0.15, 0.2) is 0 Å². The van der Waals surface area contributed by atoms with Crippen LogP contribution >= 0.6 is 11.8 Å². The largest absolute Gasteiger partial charge is 0.478 e. The van der Waals surface area contributed by atoms with Crippen LogP contribution in [-0.4, -0.2) is 41.3 Å². The summed E-state index contributed by atoms with van der Waals surface area (Å²) in [4.78, 5) is 24.0. The minimum atomic E-state index is -1.11. The van der Waals surface area contributed by atoms with Crippen LogP contribution in [0.2, 0.25) is 0 Å². The quantitative estimate of drug-likeness (QED) is 0.930. The molecule has 0 radical (unpaired) electrons. The lowest BCUT2D eigenvalue weighted by Gasteiger charge is -2.22. The van der Waals surface area contributed by atoms with Gasteiger partial charge in [-0.3, -0.25) is 4.90 Å². The zero-order chi connectivity index (χ0) is 14.8. The molecule has 1 N–H and O–H groups in total. The normalized spacial score (nSPS) is 23.1. The molecule has 2 aliphatic heterocycles. The number of thioether (sulfide) groups is 1. The number of rotatable bonds is 3. The Kier molecular flexibility index (Phi) is 4.05. The number of hydrogen-bond donors (Lipinski definition) is 1. The molecule has 0 spiro atoms. The van der Waals surface area contributed by atoms with Crippen molar-refractivity contribution in [2.24, 2.45) is 0 Å². The number of aliphatic carboxylic acids is 1. The summed E-state index contributed by atoms with van der Waals surface area (Å²) < 4.78 is 4.82. The van der Waals surface area contributed by atoms with Crippen LogP contribution in [0.4, 0.5) is 10.5 Å². The Morgan fingerprint density at radius 1 is 1.24 bits per heavy atom. The van der Waals surface area contributed by atoms with E-state index in [1.807, 2.05) is 36.0 Å². The topological polar surface area (TPSA) is 66.8 Å². The third-order valence-electron chi connectivity index (χ3n) is 3.98. The minimum Gasteiger partial charge on any atom is -0.478 e. The number of nitrogens with zero attached hydrogens (tertiary/aromatic N) is 1. The molecule has 0 aliphatic carbocycles. The summed E-state index contributed by atoms with van der Waals surface area (Å²) >= 11 is 2.00. The Labute approximate surface area is 127 Å². The van der Waals surface area contributed by atoms with E-state index < -0.39 is 18.2 Å². The van der Waals surface area contributed by atoms with Crippen molar-refractivity contribution in [2.75, 3.05) is 23.0 Å². The highest BCUT2D eigenvalue weighted by Crippen LogP contribution is 2.32. The number of benzene rings is 1. The summed E-state index contributed by atoms with van der Waals surface area (Å²) in [6, 6.07) is 7.83. The first-order chi connectivity index (χ1) is 10.1. The van der Waals surface area contributed by atoms with Crippen LogP contribution in [0.15, 0.2) is 24.3 Å². The van der Waals surface area contributed by atoms with E-state index in [0.717, 1.165) is 0 Å². The van der Waals surface area contributed by atoms with Crippen LogP contribution in [0.3, 0.4) is 0 Å². The van der Waals surface area contributed by atoms with Crippen LogP contribution in [0, 0.1) is 0 Å². The van der Waals surface area contributed by atoms with E-state index in [0.29, 0.717) is 11.6 Å². The molecule has 21 heavy (non-hydrogen) atoms. The van der Waals surface area contributed by atoms with E-state index in [2.05, 4.69) is 0 Å². The first-order valence-electron chi connectivity index (χ1n) is 7.04. The van der Waals surface area contributed by atoms with Crippen LogP contribution in [0.25, 0.3) is 0 Å². The number of cyclic esters (lactones) is 1. The van der Waals surface area contributed by atoms with E-state index in [4.69, 9.17) is 9.84 Å². The Balaban J connectivity index is 1.72. The number of ether oxygens (including phenoxy) is 1. The Morgan fingerprint density at radius 2 is 1.90 bits per heavy atom. The van der Waals surface area contributed by atoms with E-state index >= 15 is 0 Å². The summed E-state index contributed by atoms with van der Waals surface area (Å²) in [5.41, 5.74) is 1.99. The molecule has 112 valence electrons. The molecule has 1 atom stereocenters. The van der Waals surface area contributed by atoms with Crippen molar-refractivity contribution in [2.45, 2.75) is 24.9 Å². The molecule has 2 saturated heterocycles. The maximum Gasteiger partial charge on any atom is 0.415 e. The Bertz CT molecular complexity index is 539. The van der Waals surface area contributed by atoms with Crippen molar-refractivity contribution in [3.63, 3.8) is 0 Å². The minimum absolute atomic E-state index is 0.0631. The van der Waals surface area contributed by atoms with Gasteiger partial charge in [0.2, 0.25) is 6.10 Å². The third kappa shape index (κ3) is 3.00. The van der Waals surface area contributed by atoms with Gasteiger partial charge in [-0.05, 0) is 48.0 Å². The van der Waals surface area contributed by atoms with Crippen molar-refractivity contribution < 1.29 is 19.4 Å². The maximum absolute atomic E-state index is 11.7. The fraction of sp³-hybridized carbons (Fsp3) is 0.467. The average molecular weight is 307 g/mol. The zero-order valence-corrected chi connectivity index (χ0v) is 12.3. The highest BCUT2D eigenvalue weighted by molar-refractivity contribution is 7.99. The van der Waals surface area contributed by atoms with Gasteiger partial charge in [-0.2, -0.15) is 11.8 Å². The fourth-order valence-corrected chi connectivity index (χ4v) is 3.87. The molecular weight excluding hydrogens is 290 g/mol. The van der Waals surface area contributed by atoms with Gasteiger partial charge in [-0.25, -0.2) is 9.59 Å². The van der Waals surface area contributed by atoms with Crippen LogP contribution in [0.5, 0.6) is 0 Å². The smallest absolute Gasteiger partial charge is 0.415 e. The van der Waals surface area contributed by atoms with Gasteiger partial charge in [0.25, 0.3) is 0 Å². The predicted octanol–water partition coefficient (Wildman–Crippen LogP) is 2.71. The van der Waals surface area contributed by atoms with Gasteiger partial charge in [-0.15, -0.1) is 0 Å². The number of hydrogen-bond acceptors (Lipinski definition) is 4. The SMILES string of the molecule is O=C(O)[C@H]1CN(c2ccc(C3CCSCC3)cc2)C(=O)O1. The molecule has 1 aromatic carbocycles. The van der Waals surface area contributed by atoms with Gasteiger partial charge >= 0.3 is 12.1 Å². The van der Waals surface area contributed by atoms with Crippen molar-refractivity contribution in [1.82, 2.24) is 0 Å². The molecule has 2 fully saturated rings. The number of carboxylic acid groups (broad SMARTS) is 1. The number of anilines is 1. The number of carboxylic acids is 1. The molecule has 5 nitrogen and oxygen atoms in total. The van der Waals surface area contributed by atoms with E-state index in [1.165, 1.54) is 34.8 Å². The first kappa shape index (κ1) is 14.3. The van der Waals surface area contributed by atoms with E-state index in [1.54, 1.807) is 0 Å². The zero-order valence-electron chi connectivity index (χ0n) is 11.5. The molecule has 0 aromatic heterocycles.